The highest BCUT2D eigenvalue weighted by Gasteiger charge is 2.20. The Labute approximate surface area is 111 Å². The topological polar surface area (TPSA) is 76.6 Å². The summed E-state index contributed by atoms with van der Waals surface area (Å²) in [7, 11) is 0. The van der Waals surface area contributed by atoms with E-state index in [0.29, 0.717) is 25.3 Å². The lowest BCUT2D eigenvalue weighted by molar-refractivity contribution is 0.0754. The molecule has 6 heteroatoms. The van der Waals surface area contributed by atoms with Gasteiger partial charge >= 0.3 is 0 Å². The largest absolute Gasteiger partial charge is 0.395 e. The summed E-state index contributed by atoms with van der Waals surface area (Å²) in [6.07, 6.45) is 0.878. The third-order valence-electron chi connectivity index (χ3n) is 3.29. The smallest absolute Gasteiger partial charge is 0.270 e. The van der Waals surface area contributed by atoms with Crippen LogP contribution in [0.4, 0.5) is 0 Å². The fraction of sp³-hybridized carbons (Fsp3) is 0.538. The molecule has 0 unspecified atom stereocenters. The van der Waals surface area contributed by atoms with E-state index in [-0.39, 0.29) is 18.1 Å². The van der Waals surface area contributed by atoms with E-state index in [1.54, 1.807) is 17.0 Å². The second-order valence-corrected chi connectivity index (χ2v) is 4.64. The number of aromatic nitrogens is 1. The van der Waals surface area contributed by atoms with Crippen molar-refractivity contribution in [3.05, 3.63) is 34.2 Å². The van der Waals surface area contributed by atoms with E-state index in [2.05, 4.69) is 9.88 Å². The molecule has 0 aliphatic carbocycles. The van der Waals surface area contributed by atoms with Gasteiger partial charge in [-0.05, 0) is 19.0 Å². The number of hydrogen-bond acceptors (Lipinski definition) is 4. The summed E-state index contributed by atoms with van der Waals surface area (Å²) in [6, 6.07) is 4.60. The number of rotatable bonds is 3. The first-order chi connectivity index (χ1) is 9.20. The number of carbonyl (C=O) groups excluding carboxylic acids is 1. The van der Waals surface area contributed by atoms with Crippen LogP contribution in [0.15, 0.2) is 23.0 Å². The number of aliphatic hydroxyl groups excluding tert-OH is 1. The lowest BCUT2D eigenvalue weighted by Crippen LogP contribution is -2.36. The molecule has 1 aromatic rings. The number of pyridine rings is 1. The minimum absolute atomic E-state index is 0.136. The predicted molar refractivity (Wildman–Crippen MR) is 71.1 cm³/mol. The normalized spacial score (nSPS) is 17.2. The monoisotopic (exact) mass is 265 g/mol. The van der Waals surface area contributed by atoms with Crippen LogP contribution in [0.25, 0.3) is 0 Å². The van der Waals surface area contributed by atoms with Crippen molar-refractivity contribution in [1.29, 1.82) is 0 Å². The van der Waals surface area contributed by atoms with Crippen molar-refractivity contribution < 1.29 is 9.90 Å². The van der Waals surface area contributed by atoms with Gasteiger partial charge in [0.1, 0.15) is 5.69 Å². The molecule has 1 aliphatic rings. The van der Waals surface area contributed by atoms with Crippen molar-refractivity contribution >= 4 is 5.91 Å². The number of amides is 1. The van der Waals surface area contributed by atoms with Crippen LogP contribution < -0.4 is 5.56 Å². The molecular formula is C13H19N3O3. The van der Waals surface area contributed by atoms with Crippen molar-refractivity contribution in [2.75, 3.05) is 39.3 Å². The van der Waals surface area contributed by atoms with Gasteiger partial charge in [-0.2, -0.15) is 0 Å². The molecule has 1 amide bonds. The third-order valence-corrected chi connectivity index (χ3v) is 3.29. The zero-order valence-electron chi connectivity index (χ0n) is 10.8. The van der Waals surface area contributed by atoms with Gasteiger partial charge in [-0.25, -0.2) is 0 Å². The van der Waals surface area contributed by atoms with E-state index >= 15 is 0 Å². The summed E-state index contributed by atoms with van der Waals surface area (Å²) in [5.74, 6) is -0.136. The maximum Gasteiger partial charge on any atom is 0.270 e. The Morgan fingerprint density at radius 2 is 2.11 bits per heavy atom. The van der Waals surface area contributed by atoms with Gasteiger partial charge in [0.05, 0.1) is 6.61 Å². The molecule has 0 atom stereocenters. The van der Waals surface area contributed by atoms with Crippen LogP contribution in [0.2, 0.25) is 0 Å². The first-order valence-corrected chi connectivity index (χ1v) is 6.52. The van der Waals surface area contributed by atoms with Gasteiger partial charge in [0.15, 0.2) is 0 Å². The molecule has 6 nitrogen and oxygen atoms in total. The highest BCUT2D eigenvalue weighted by atomic mass is 16.3. The Hall–Kier alpha value is -1.66. The van der Waals surface area contributed by atoms with Crippen LogP contribution >= 0.6 is 0 Å². The second kappa shape index (κ2) is 6.49. The first kappa shape index (κ1) is 13.8. The van der Waals surface area contributed by atoms with Gasteiger partial charge in [0.25, 0.3) is 5.91 Å². The van der Waals surface area contributed by atoms with Crippen molar-refractivity contribution in [2.45, 2.75) is 6.42 Å². The first-order valence-electron chi connectivity index (χ1n) is 6.52. The van der Waals surface area contributed by atoms with Crippen LogP contribution in [0.1, 0.15) is 16.9 Å². The van der Waals surface area contributed by atoms with E-state index in [4.69, 9.17) is 5.11 Å². The van der Waals surface area contributed by atoms with E-state index in [1.807, 2.05) is 0 Å². The minimum Gasteiger partial charge on any atom is -0.395 e. The fourth-order valence-corrected chi connectivity index (χ4v) is 2.28. The molecule has 2 N–H and O–H groups in total. The number of nitrogens with one attached hydrogen (secondary N) is 1. The number of nitrogens with zero attached hydrogens (tertiary/aromatic N) is 2. The maximum atomic E-state index is 12.3. The Bertz CT molecular complexity index is 486. The number of H-pyrrole nitrogens is 1. The summed E-state index contributed by atoms with van der Waals surface area (Å²) in [5, 5.41) is 8.93. The second-order valence-electron chi connectivity index (χ2n) is 4.64. The van der Waals surface area contributed by atoms with Crippen molar-refractivity contribution in [2.24, 2.45) is 0 Å². The number of β-amino-alcohol motifs (C(OH)–C–C–N with tert-alkyl or cyclic N) is 1. The summed E-state index contributed by atoms with van der Waals surface area (Å²) in [6.45, 7) is 3.72. The van der Waals surface area contributed by atoms with Crippen LogP contribution in [-0.2, 0) is 0 Å². The van der Waals surface area contributed by atoms with Crippen LogP contribution in [-0.4, -0.2) is 65.1 Å². The lowest BCUT2D eigenvalue weighted by atomic mass is 10.3. The molecule has 1 saturated heterocycles. The molecule has 19 heavy (non-hydrogen) atoms. The van der Waals surface area contributed by atoms with Gasteiger partial charge in [-0.15, -0.1) is 0 Å². The van der Waals surface area contributed by atoms with Crippen molar-refractivity contribution in [3.8, 4) is 0 Å². The highest BCUT2D eigenvalue weighted by molar-refractivity contribution is 5.92. The van der Waals surface area contributed by atoms with Crippen LogP contribution in [0.3, 0.4) is 0 Å². The van der Waals surface area contributed by atoms with Crippen molar-refractivity contribution in [1.82, 2.24) is 14.8 Å². The van der Waals surface area contributed by atoms with E-state index in [9.17, 15) is 9.59 Å². The lowest BCUT2D eigenvalue weighted by Gasteiger charge is -2.21. The molecule has 1 aromatic heterocycles. The van der Waals surface area contributed by atoms with E-state index in [0.717, 1.165) is 19.5 Å². The Morgan fingerprint density at radius 3 is 2.84 bits per heavy atom. The molecule has 1 fully saturated rings. The molecule has 104 valence electrons. The standard InChI is InChI=1S/C13H19N3O3/c17-10-9-15-5-2-6-16(8-7-15)13(19)11-3-1-4-12(18)14-11/h1,3-4,17H,2,5-10H2,(H,14,18). The zero-order chi connectivity index (χ0) is 13.7. The fourth-order valence-electron chi connectivity index (χ4n) is 2.28. The van der Waals surface area contributed by atoms with E-state index < -0.39 is 0 Å². The summed E-state index contributed by atoms with van der Waals surface area (Å²) < 4.78 is 0. The molecular weight excluding hydrogens is 246 g/mol. The molecule has 0 bridgehead atoms. The summed E-state index contributed by atoms with van der Waals surface area (Å²) in [5.41, 5.74) is 0.0747. The molecule has 2 rings (SSSR count). The third kappa shape index (κ3) is 3.65. The average Bonchev–Trinajstić information content (AvgIpc) is 2.64. The summed E-state index contributed by atoms with van der Waals surface area (Å²) in [4.78, 5) is 29.9. The van der Waals surface area contributed by atoms with Gasteiger partial charge in [0, 0.05) is 32.2 Å². The maximum absolute atomic E-state index is 12.3. The van der Waals surface area contributed by atoms with Gasteiger partial charge < -0.3 is 15.0 Å². The van der Waals surface area contributed by atoms with Crippen molar-refractivity contribution in [3.63, 3.8) is 0 Å². The molecule has 0 radical (unpaired) electrons. The minimum atomic E-state index is -0.262. The van der Waals surface area contributed by atoms with Gasteiger partial charge in [0.2, 0.25) is 5.56 Å². The zero-order valence-corrected chi connectivity index (χ0v) is 10.8. The number of aromatic amines is 1. The molecule has 0 aromatic carbocycles. The Kier molecular flexibility index (Phi) is 4.70. The highest BCUT2D eigenvalue weighted by Crippen LogP contribution is 2.06. The molecule has 1 aliphatic heterocycles. The molecule has 0 saturated carbocycles. The van der Waals surface area contributed by atoms with E-state index in [1.165, 1.54) is 6.07 Å². The predicted octanol–water partition coefficient (Wildman–Crippen LogP) is -0.485. The SMILES string of the molecule is O=C(c1cccc(=O)[nH]1)N1CCCN(CCO)CC1. The number of carbonyl (C=O) groups is 1. The molecule has 2 heterocycles. The number of aliphatic hydroxyl groups is 1. The average molecular weight is 265 g/mol. The molecule has 0 spiro atoms. The van der Waals surface area contributed by atoms with Crippen LogP contribution in [0, 0.1) is 0 Å². The van der Waals surface area contributed by atoms with Gasteiger partial charge in [-0.1, -0.05) is 6.07 Å². The number of hydrogen-bond donors (Lipinski definition) is 2. The Morgan fingerprint density at radius 1 is 1.26 bits per heavy atom. The van der Waals surface area contributed by atoms with Crippen LogP contribution in [0.5, 0.6) is 0 Å². The van der Waals surface area contributed by atoms with Gasteiger partial charge in [-0.3, -0.25) is 14.5 Å². The quantitative estimate of drug-likeness (QED) is 0.773. The Balaban J connectivity index is 2.02. The summed E-state index contributed by atoms with van der Waals surface area (Å²) >= 11 is 0.